The molecule has 0 radical (unpaired) electrons. The molecule has 0 aromatic rings. The van der Waals surface area contributed by atoms with Crippen LogP contribution in [0.2, 0.25) is 0 Å². The molecule has 2 rings (SSSR count). The highest BCUT2D eigenvalue weighted by atomic mass is 16.5. The maximum Gasteiger partial charge on any atom is 0.239 e. The number of piperazine rings is 1. The molecular weight excluding hydrogens is 304 g/mol. The fraction of sp³-hybridized carbons (Fsp3) is 0.889. The Bertz CT molecular complexity index is 446. The quantitative estimate of drug-likeness (QED) is 0.729. The van der Waals surface area contributed by atoms with Gasteiger partial charge in [-0.15, -0.1) is 0 Å². The molecule has 0 aliphatic carbocycles. The fourth-order valence-electron chi connectivity index (χ4n) is 3.38. The standard InChI is InChI=1S/C18H32N4O2/c1-16(17(23)22-11-13-24-14-12-22)21-9-7-20(8-10-21)6-4-5-18(2,3)15-19/h16H,4-14H2,1-3H3/t16-/m1/s1. The summed E-state index contributed by atoms with van der Waals surface area (Å²) in [4.78, 5) is 19.3. The molecular formula is C18H32N4O2. The molecule has 0 unspecified atom stereocenters. The Morgan fingerprint density at radius 1 is 1.17 bits per heavy atom. The predicted octanol–water partition coefficient (Wildman–Crippen LogP) is 1.18. The van der Waals surface area contributed by atoms with Crippen LogP contribution in [-0.4, -0.2) is 85.7 Å². The van der Waals surface area contributed by atoms with Crippen molar-refractivity contribution in [1.82, 2.24) is 14.7 Å². The number of rotatable bonds is 6. The third-order valence-electron chi connectivity index (χ3n) is 5.21. The number of carbonyl (C=O) groups is 1. The number of morpholine rings is 1. The molecule has 1 atom stereocenters. The summed E-state index contributed by atoms with van der Waals surface area (Å²) in [5.41, 5.74) is -0.221. The van der Waals surface area contributed by atoms with E-state index in [0.29, 0.717) is 13.2 Å². The molecule has 6 nitrogen and oxygen atoms in total. The highest BCUT2D eigenvalue weighted by molar-refractivity contribution is 5.81. The van der Waals surface area contributed by atoms with Crippen molar-refractivity contribution in [2.75, 3.05) is 59.0 Å². The highest BCUT2D eigenvalue weighted by Crippen LogP contribution is 2.21. The van der Waals surface area contributed by atoms with Gasteiger partial charge in [0.15, 0.2) is 0 Å². The Hall–Kier alpha value is -1.16. The van der Waals surface area contributed by atoms with Crippen LogP contribution in [-0.2, 0) is 9.53 Å². The van der Waals surface area contributed by atoms with Gasteiger partial charge in [0.25, 0.3) is 0 Å². The van der Waals surface area contributed by atoms with Gasteiger partial charge in [0.2, 0.25) is 5.91 Å². The summed E-state index contributed by atoms with van der Waals surface area (Å²) in [5.74, 6) is 0.238. The third-order valence-corrected chi connectivity index (χ3v) is 5.21. The van der Waals surface area contributed by atoms with E-state index in [4.69, 9.17) is 10.00 Å². The molecule has 2 saturated heterocycles. The molecule has 1 amide bonds. The lowest BCUT2D eigenvalue weighted by molar-refractivity contribution is -0.141. The third kappa shape index (κ3) is 5.44. The van der Waals surface area contributed by atoms with E-state index in [9.17, 15) is 4.79 Å². The molecule has 24 heavy (non-hydrogen) atoms. The van der Waals surface area contributed by atoms with E-state index in [1.54, 1.807) is 0 Å². The summed E-state index contributed by atoms with van der Waals surface area (Å²) in [6, 6.07) is 2.33. The van der Waals surface area contributed by atoms with Crippen LogP contribution in [0.5, 0.6) is 0 Å². The SMILES string of the molecule is C[C@H](C(=O)N1CCOCC1)N1CCN(CCCC(C)(C)C#N)CC1. The number of nitrogens with zero attached hydrogens (tertiary/aromatic N) is 4. The summed E-state index contributed by atoms with van der Waals surface area (Å²) >= 11 is 0. The van der Waals surface area contributed by atoms with Crippen LogP contribution >= 0.6 is 0 Å². The molecule has 0 bridgehead atoms. The summed E-state index contributed by atoms with van der Waals surface area (Å²) in [7, 11) is 0. The fourth-order valence-corrected chi connectivity index (χ4v) is 3.38. The zero-order valence-electron chi connectivity index (χ0n) is 15.5. The Morgan fingerprint density at radius 3 is 2.38 bits per heavy atom. The first kappa shape index (κ1) is 19.2. The summed E-state index contributed by atoms with van der Waals surface area (Å²) in [6.07, 6.45) is 2.00. The molecule has 136 valence electrons. The minimum Gasteiger partial charge on any atom is -0.378 e. The van der Waals surface area contributed by atoms with Crippen molar-refractivity contribution in [3.63, 3.8) is 0 Å². The van der Waals surface area contributed by atoms with Gasteiger partial charge in [-0.05, 0) is 40.2 Å². The summed E-state index contributed by atoms with van der Waals surface area (Å²) < 4.78 is 5.32. The Balaban J connectivity index is 1.70. The van der Waals surface area contributed by atoms with E-state index in [1.807, 2.05) is 25.7 Å². The Labute approximate surface area is 146 Å². The largest absolute Gasteiger partial charge is 0.378 e. The van der Waals surface area contributed by atoms with Crippen molar-refractivity contribution in [3.05, 3.63) is 0 Å². The second kappa shape index (κ2) is 8.80. The van der Waals surface area contributed by atoms with Crippen molar-refractivity contribution in [1.29, 1.82) is 5.26 Å². The van der Waals surface area contributed by atoms with Gasteiger partial charge in [-0.25, -0.2) is 0 Å². The van der Waals surface area contributed by atoms with Crippen LogP contribution in [0, 0.1) is 16.7 Å². The van der Waals surface area contributed by atoms with Crippen molar-refractivity contribution < 1.29 is 9.53 Å². The average molecular weight is 336 g/mol. The van der Waals surface area contributed by atoms with Crippen LogP contribution in [0.15, 0.2) is 0 Å². The van der Waals surface area contributed by atoms with E-state index in [1.165, 1.54) is 0 Å². The van der Waals surface area contributed by atoms with Gasteiger partial charge < -0.3 is 14.5 Å². The molecule has 0 N–H and O–H groups in total. The van der Waals surface area contributed by atoms with E-state index in [-0.39, 0.29) is 17.4 Å². The lowest BCUT2D eigenvalue weighted by atomic mass is 9.90. The second-order valence-electron chi connectivity index (χ2n) is 7.59. The summed E-state index contributed by atoms with van der Waals surface area (Å²) in [6.45, 7) is 13.7. The number of ether oxygens (including phenoxy) is 1. The molecule has 2 fully saturated rings. The van der Waals surface area contributed by atoms with Crippen LogP contribution in [0.1, 0.15) is 33.6 Å². The lowest BCUT2D eigenvalue weighted by Gasteiger charge is -2.39. The van der Waals surface area contributed by atoms with Crippen molar-refractivity contribution in [2.45, 2.75) is 39.7 Å². The van der Waals surface area contributed by atoms with Gasteiger partial charge in [0, 0.05) is 39.3 Å². The average Bonchev–Trinajstić information content (AvgIpc) is 2.61. The van der Waals surface area contributed by atoms with Crippen LogP contribution < -0.4 is 0 Å². The number of hydrogen-bond acceptors (Lipinski definition) is 5. The number of nitriles is 1. The minimum atomic E-state index is -0.221. The monoisotopic (exact) mass is 336 g/mol. The minimum absolute atomic E-state index is 0.0391. The van der Waals surface area contributed by atoms with Gasteiger partial charge in [-0.1, -0.05) is 0 Å². The van der Waals surface area contributed by atoms with Gasteiger partial charge >= 0.3 is 0 Å². The maximum atomic E-state index is 12.6. The van der Waals surface area contributed by atoms with Crippen LogP contribution in [0.25, 0.3) is 0 Å². The van der Waals surface area contributed by atoms with Crippen molar-refractivity contribution in [2.24, 2.45) is 5.41 Å². The molecule has 0 aromatic carbocycles. The first-order chi connectivity index (χ1) is 11.4. The van der Waals surface area contributed by atoms with Crippen LogP contribution in [0.3, 0.4) is 0 Å². The normalized spacial score (nSPS) is 22.2. The molecule has 0 saturated carbocycles. The predicted molar refractivity (Wildman–Crippen MR) is 93.5 cm³/mol. The molecule has 2 aliphatic rings. The van der Waals surface area contributed by atoms with E-state index >= 15 is 0 Å². The number of carbonyl (C=O) groups excluding carboxylic acids is 1. The van der Waals surface area contributed by atoms with Gasteiger partial charge in [0.1, 0.15) is 0 Å². The Kier molecular flexibility index (Phi) is 7.02. The smallest absolute Gasteiger partial charge is 0.239 e. The van der Waals surface area contributed by atoms with Gasteiger partial charge in [-0.2, -0.15) is 5.26 Å². The van der Waals surface area contributed by atoms with Gasteiger partial charge in [-0.3, -0.25) is 9.69 Å². The molecule has 0 aromatic heterocycles. The molecule has 6 heteroatoms. The Morgan fingerprint density at radius 2 is 1.79 bits per heavy atom. The highest BCUT2D eigenvalue weighted by Gasteiger charge is 2.29. The second-order valence-corrected chi connectivity index (χ2v) is 7.59. The molecule has 2 aliphatic heterocycles. The summed E-state index contributed by atoms with van der Waals surface area (Å²) in [5, 5.41) is 9.07. The first-order valence-corrected chi connectivity index (χ1v) is 9.17. The van der Waals surface area contributed by atoms with E-state index in [2.05, 4.69) is 15.9 Å². The van der Waals surface area contributed by atoms with Crippen LogP contribution in [0.4, 0.5) is 0 Å². The maximum absolute atomic E-state index is 12.6. The van der Waals surface area contributed by atoms with Crippen molar-refractivity contribution in [3.8, 4) is 6.07 Å². The van der Waals surface area contributed by atoms with Crippen molar-refractivity contribution >= 4 is 5.91 Å². The van der Waals surface area contributed by atoms with E-state index < -0.39 is 0 Å². The zero-order valence-corrected chi connectivity index (χ0v) is 15.5. The molecule has 0 spiro atoms. The zero-order chi connectivity index (χ0) is 17.6. The lowest BCUT2D eigenvalue weighted by Crippen LogP contribution is -2.55. The topological polar surface area (TPSA) is 59.8 Å². The first-order valence-electron chi connectivity index (χ1n) is 9.17. The molecule has 2 heterocycles. The number of hydrogen-bond donors (Lipinski definition) is 0. The van der Waals surface area contributed by atoms with E-state index in [0.717, 1.165) is 58.7 Å². The number of amides is 1. The van der Waals surface area contributed by atoms with Gasteiger partial charge in [0.05, 0.1) is 30.7 Å².